The second-order valence-electron chi connectivity index (χ2n) is 2.63. The van der Waals surface area contributed by atoms with E-state index in [1.165, 1.54) is 0 Å². The van der Waals surface area contributed by atoms with Crippen molar-refractivity contribution >= 4 is 60.5 Å². The number of halogens is 3. The molecule has 0 saturated carbocycles. The van der Waals surface area contributed by atoms with Gasteiger partial charge in [0, 0.05) is 47.4 Å². The fourth-order valence-electron chi connectivity index (χ4n) is 0.724. The van der Waals surface area contributed by atoms with Crippen LogP contribution in [-0.2, 0) is 0 Å². The maximum Gasteiger partial charge on any atom is 0.190 e. The highest BCUT2D eigenvalue weighted by Crippen LogP contribution is 2.05. The standard InChI is InChI=1S/C6H5BrN2.C4H2BrIN2/c1-2-6-8-3-5(7)4-9-6;5-3-1-7-4(6)8-2-3/h2-4H,1H2;1-2H. The zero-order valence-corrected chi connectivity index (χ0v) is 13.8. The Morgan fingerprint density at radius 1 is 0.941 bits per heavy atom. The molecule has 0 atom stereocenters. The first kappa shape index (κ1) is 14.7. The minimum Gasteiger partial charge on any atom is -0.236 e. The van der Waals surface area contributed by atoms with Gasteiger partial charge in [-0.3, -0.25) is 0 Å². The summed E-state index contributed by atoms with van der Waals surface area (Å²) in [6, 6.07) is 0. The molecule has 0 aliphatic carbocycles. The quantitative estimate of drug-likeness (QED) is 0.472. The molecule has 2 rings (SSSR count). The van der Waals surface area contributed by atoms with E-state index in [0.717, 1.165) is 12.8 Å². The lowest BCUT2D eigenvalue weighted by atomic mass is 10.5. The van der Waals surface area contributed by atoms with Crippen LogP contribution >= 0.6 is 54.5 Å². The van der Waals surface area contributed by atoms with Crippen LogP contribution in [0.5, 0.6) is 0 Å². The largest absolute Gasteiger partial charge is 0.236 e. The van der Waals surface area contributed by atoms with Crippen molar-refractivity contribution in [2.24, 2.45) is 0 Å². The third kappa shape index (κ3) is 6.18. The summed E-state index contributed by atoms with van der Waals surface area (Å²) in [4.78, 5) is 15.7. The molecule has 0 unspecified atom stereocenters. The number of aromatic nitrogens is 4. The molecule has 2 aromatic rings. The van der Waals surface area contributed by atoms with Crippen molar-refractivity contribution in [2.75, 3.05) is 0 Å². The Morgan fingerprint density at radius 3 is 1.71 bits per heavy atom. The predicted octanol–water partition coefficient (Wildman–Crippen LogP) is 3.73. The Kier molecular flexibility index (Phi) is 6.75. The molecule has 0 aliphatic rings. The minimum absolute atomic E-state index is 0.651. The van der Waals surface area contributed by atoms with E-state index in [0.29, 0.717) is 5.82 Å². The Morgan fingerprint density at radius 2 is 1.35 bits per heavy atom. The molecular formula is C10H7Br2IN4. The normalized spacial score (nSPS) is 9.12. The zero-order chi connectivity index (χ0) is 12.7. The van der Waals surface area contributed by atoms with Crippen LogP contribution in [0.15, 0.2) is 40.3 Å². The van der Waals surface area contributed by atoms with Gasteiger partial charge in [-0.1, -0.05) is 6.58 Å². The Bertz CT molecular complexity index is 452. The number of nitrogens with zero attached hydrogens (tertiary/aromatic N) is 4. The molecule has 0 saturated heterocycles. The predicted molar refractivity (Wildman–Crippen MR) is 82.3 cm³/mol. The van der Waals surface area contributed by atoms with Crippen LogP contribution in [-0.4, -0.2) is 19.9 Å². The monoisotopic (exact) mass is 468 g/mol. The van der Waals surface area contributed by atoms with Gasteiger partial charge in [-0.2, -0.15) is 0 Å². The molecule has 0 amide bonds. The molecule has 2 aromatic heterocycles. The van der Waals surface area contributed by atoms with Gasteiger partial charge in [-0.15, -0.1) is 0 Å². The summed E-state index contributed by atoms with van der Waals surface area (Å²) in [5.74, 6) is 0.651. The van der Waals surface area contributed by atoms with Crippen molar-refractivity contribution in [3.63, 3.8) is 0 Å². The minimum atomic E-state index is 0.651. The molecule has 88 valence electrons. The van der Waals surface area contributed by atoms with Crippen molar-refractivity contribution in [2.45, 2.75) is 0 Å². The van der Waals surface area contributed by atoms with Crippen LogP contribution < -0.4 is 0 Å². The molecule has 0 radical (unpaired) electrons. The van der Waals surface area contributed by atoms with Gasteiger partial charge in [-0.05, 0) is 37.9 Å². The van der Waals surface area contributed by atoms with E-state index in [2.05, 4.69) is 81.0 Å². The molecule has 0 fully saturated rings. The van der Waals surface area contributed by atoms with Gasteiger partial charge >= 0.3 is 0 Å². The summed E-state index contributed by atoms with van der Waals surface area (Å²) in [6.45, 7) is 3.52. The topological polar surface area (TPSA) is 51.6 Å². The molecule has 0 aromatic carbocycles. The molecular weight excluding hydrogens is 463 g/mol. The first-order valence-electron chi connectivity index (χ1n) is 4.35. The van der Waals surface area contributed by atoms with Crippen LogP contribution in [0.3, 0.4) is 0 Å². The summed E-state index contributed by atoms with van der Waals surface area (Å²) >= 11 is 8.49. The van der Waals surface area contributed by atoms with Crippen molar-refractivity contribution in [1.29, 1.82) is 0 Å². The highest BCUT2D eigenvalue weighted by Gasteiger charge is 1.87. The van der Waals surface area contributed by atoms with Gasteiger partial charge in [0.15, 0.2) is 9.66 Å². The van der Waals surface area contributed by atoms with E-state index in [1.807, 2.05) is 0 Å². The maximum absolute atomic E-state index is 3.92. The summed E-state index contributed by atoms with van der Waals surface area (Å²) in [7, 11) is 0. The van der Waals surface area contributed by atoms with E-state index in [4.69, 9.17) is 0 Å². The number of hydrogen-bond acceptors (Lipinski definition) is 4. The van der Waals surface area contributed by atoms with Gasteiger partial charge in [0.05, 0.1) is 8.95 Å². The fraction of sp³-hybridized carbons (Fsp3) is 0. The van der Waals surface area contributed by atoms with Crippen LogP contribution in [0.25, 0.3) is 6.08 Å². The molecule has 4 nitrogen and oxygen atoms in total. The van der Waals surface area contributed by atoms with Crippen molar-refractivity contribution in [3.8, 4) is 0 Å². The van der Waals surface area contributed by atoms with E-state index >= 15 is 0 Å². The molecule has 2 heterocycles. The first-order valence-corrected chi connectivity index (χ1v) is 7.01. The lowest BCUT2D eigenvalue weighted by Gasteiger charge is -1.88. The summed E-state index contributed by atoms with van der Waals surface area (Å²) < 4.78 is 2.57. The number of hydrogen-bond donors (Lipinski definition) is 0. The highest BCUT2D eigenvalue weighted by atomic mass is 127. The smallest absolute Gasteiger partial charge is 0.190 e. The second-order valence-corrected chi connectivity index (χ2v) is 5.43. The van der Waals surface area contributed by atoms with E-state index in [-0.39, 0.29) is 0 Å². The molecule has 0 N–H and O–H groups in total. The summed E-state index contributed by atoms with van der Waals surface area (Å²) in [5, 5.41) is 0. The Balaban J connectivity index is 0.000000171. The third-order valence-electron chi connectivity index (χ3n) is 1.41. The number of rotatable bonds is 1. The van der Waals surface area contributed by atoms with Crippen LogP contribution in [0.2, 0.25) is 0 Å². The first-order chi connectivity index (χ1) is 8.11. The average molecular weight is 470 g/mol. The van der Waals surface area contributed by atoms with Crippen LogP contribution in [0.4, 0.5) is 0 Å². The summed E-state index contributed by atoms with van der Waals surface area (Å²) in [5.41, 5.74) is 0. The molecule has 0 spiro atoms. The van der Waals surface area contributed by atoms with Gasteiger partial charge in [0.1, 0.15) is 0 Å². The average Bonchev–Trinajstić information content (AvgIpc) is 2.35. The van der Waals surface area contributed by atoms with Crippen LogP contribution in [0.1, 0.15) is 5.82 Å². The van der Waals surface area contributed by atoms with Crippen molar-refractivity contribution < 1.29 is 0 Å². The Labute approximate surface area is 129 Å². The fourth-order valence-corrected chi connectivity index (χ4v) is 1.41. The van der Waals surface area contributed by atoms with E-state index in [1.54, 1.807) is 30.9 Å². The lowest BCUT2D eigenvalue weighted by Crippen LogP contribution is -1.83. The third-order valence-corrected chi connectivity index (χ3v) is 2.79. The summed E-state index contributed by atoms with van der Waals surface area (Å²) in [6.07, 6.45) is 8.41. The van der Waals surface area contributed by atoms with Gasteiger partial charge in [-0.25, -0.2) is 19.9 Å². The molecule has 0 aliphatic heterocycles. The van der Waals surface area contributed by atoms with E-state index < -0.39 is 0 Å². The van der Waals surface area contributed by atoms with E-state index in [9.17, 15) is 0 Å². The van der Waals surface area contributed by atoms with Crippen molar-refractivity contribution in [1.82, 2.24) is 19.9 Å². The second kappa shape index (κ2) is 7.83. The van der Waals surface area contributed by atoms with Crippen molar-refractivity contribution in [3.05, 3.63) is 50.0 Å². The van der Waals surface area contributed by atoms with Gasteiger partial charge in [0.25, 0.3) is 0 Å². The molecule has 7 heteroatoms. The Hall–Kier alpha value is -0.410. The molecule has 17 heavy (non-hydrogen) atoms. The lowest BCUT2D eigenvalue weighted by molar-refractivity contribution is 1.09. The highest BCUT2D eigenvalue weighted by molar-refractivity contribution is 14.1. The SMILES string of the molecule is Brc1cnc(I)nc1.C=Cc1ncc(Br)cn1. The van der Waals surface area contributed by atoms with Crippen LogP contribution in [0, 0.1) is 3.83 Å². The zero-order valence-electron chi connectivity index (χ0n) is 8.52. The maximum atomic E-state index is 3.92. The van der Waals surface area contributed by atoms with Gasteiger partial charge < -0.3 is 0 Å². The molecule has 0 bridgehead atoms. The van der Waals surface area contributed by atoms with Gasteiger partial charge in [0.2, 0.25) is 0 Å².